The largest absolute Gasteiger partial charge is 0.497 e. The summed E-state index contributed by atoms with van der Waals surface area (Å²) in [4.78, 5) is 26.9. The number of methoxy groups -OCH3 is 1. The van der Waals surface area contributed by atoms with Crippen molar-refractivity contribution in [1.82, 2.24) is 10.2 Å². The maximum absolute atomic E-state index is 13.2. The molecule has 8 nitrogen and oxygen atoms in total. The zero-order chi connectivity index (χ0) is 25.5. The molecule has 0 fully saturated rings. The van der Waals surface area contributed by atoms with E-state index in [0.29, 0.717) is 16.5 Å². The SMILES string of the molecule is CNC(=O)[C@@H](C)N(Cc1ccc(OC)cc1)C(=O)CCCN(c1cc(Cl)ccc1C)S(C)(=O)=O. The second-order valence-corrected chi connectivity index (χ2v) is 10.4. The Labute approximate surface area is 206 Å². The van der Waals surface area contributed by atoms with Crippen LogP contribution >= 0.6 is 11.6 Å². The first-order valence-corrected chi connectivity index (χ1v) is 13.1. The molecule has 0 saturated heterocycles. The van der Waals surface area contributed by atoms with Crippen molar-refractivity contribution < 1.29 is 22.7 Å². The number of hydrogen-bond acceptors (Lipinski definition) is 5. The number of carbonyl (C=O) groups excluding carboxylic acids is 2. The first-order valence-electron chi connectivity index (χ1n) is 10.9. The number of sulfonamides is 1. The van der Waals surface area contributed by atoms with Crippen LogP contribution in [0.1, 0.15) is 30.9 Å². The van der Waals surface area contributed by atoms with Crippen LogP contribution in [0.2, 0.25) is 5.02 Å². The fourth-order valence-electron chi connectivity index (χ4n) is 3.55. The van der Waals surface area contributed by atoms with Crippen molar-refractivity contribution in [1.29, 1.82) is 0 Å². The molecule has 2 aromatic rings. The highest BCUT2D eigenvalue weighted by atomic mass is 35.5. The Hall–Kier alpha value is -2.78. The van der Waals surface area contributed by atoms with E-state index in [9.17, 15) is 18.0 Å². The molecule has 0 bridgehead atoms. The van der Waals surface area contributed by atoms with E-state index in [-0.39, 0.29) is 37.7 Å². The van der Waals surface area contributed by atoms with Crippen molar-refractivity contribution in [2.24, 2.45) is 0 Å². The highest BCUT2D eigenvalue weighted by molar-refractivity contribution is 7.92. The van der Waals surface area contributed by atoms with Crippen molar-refractivity contribution in [3.8, 4) is 5.75 Å². The normalized spacial score (nSPS) is 12.1. The third-order valence-corrected chi connectivity index (χ3v) is 6.93. The van der Waals surface area contributed by atoms with Crippen LogP contribution in [0, 0.1) is 6.92 Å². The van der Waals surface area contributed by atoms with Gasteiger partial charge in [0.2, 0.25) is 21.8 Å². The molecular formula is C24H32ClN3O5S. The molecular weight excluding hydrogens is 478 g/mol. The van der Waals surface area contributed by atoms with E-state index >= 15 is 0 Å². The Bertz CT molecular complexity index is 1110. The van der Waals surface area contributed by atoms with Gasteiger partial charge in [-0.3, -0.25) is 13.9 Å². The molecule has 10 heteroatoms. The zero-order valence-electron chi connectivity index (χ0n) is 20.2. The van der Waals surface area contributed by atoms with Crippen molar-refractivity contribution in [3.63, 3.8) is 0 Å². The van der Waals surface area contributed by atoms with Crippen LogP contribution in [0.4, 0.5) is 5.69 Å². The summed E-state index contributed by atoms with van der Waals surface area (Å²) in [5.74, 6) is 0.163. The van der Waals surface area contributed by atoms with Gasteiger partial charge in [-0.05, 0) is 55.7 Å². The monoisotopic (exact) mass is 509 g/mol. The Morgan fingerprint density at radius 2 is 1.79 bits per heavy atom. The summed E-state index contributed by atoms with van der Waals surface area (Å²) in [5.41, 5.74) is 2.09. The van der Waals surface area contributed by atoms with Crippen molar-refractivity contribution in [3.05, 3.63) is 58.6 Å². The van der Waals surface area contributed by atoms with E-state index in [2.05, 4.69) is 5.32 Å². The van der Waals surface area contributed by atoms with Gasteiger partial charge in [0.25, 0.3) is 0 Å². The van der Waals surface area contributed by atoms with Crippen LogP contribution in [0.25, 0.3) is 0 Å². The van der Waals surface area contributed by atoms with Gasteiger partial charge >= 0.3 is 0 Å². The van der Waals surface area contributed by atoms with Gasteiger partial charge in [-0.15, -0.1) is 0 Å². The lowest BCUT2D eigenvalue weighted by Gasteiger charge is -2.29. The van der Waals surface area contributed by atoms with Gasteiger partial charge in [-0.2, -0.15) is 0 Å². The standard InChI is InChI=1S/C24H32ClN3O5S/c1-17-8-11-20(25)15-22(17)28(34(5,31)32)14-6-7-23(29)27(18(2)24(30)26-3)16-19-9-12-21(33-4)13-10-19/h8-13,15,18H,6-7,14,16H2,1-5H3,(H,26,30)/t18-/m1/s1. The molecule has 0 aliphatic carbocycles. The van der Waals surface area contributed by atoms with Crippen molar-refractivity contribution in [2.45, 2.75) is 39.3 Å². The molecule has 2 aromatic carbocycles. The number of nitrogens with one attached hydrogen (secondary N) is 1. The number of benzene rings is 2. The number of amides is 2. The van der Waals surface area contributed by atoms with Crippen LogP contribution in [-0.4, -0.2) is 58.1 Å². The van der Waals surface area contributed by atoms with Gasteiger partial charge in [-0.1, -0.05) is 29.8 Å². The van der Waals surface area contributed by atoms with Crippen molar-refractivity contribution >= 4 is 39.1 Å². The molecule has 34 heavy (non-hydrogen) atoms. The molecule has 2 amide bonds. The number of ether oxygens (including phenoxy) is 1. The third-order valence-electron chi connectivity index (χ3n) is 5.52. The first kappa shape index (κ1) is 27.5. The van der Waals surface area contributed by atoms with E-state index in [1.54, 1.807) is 51.3 Å². The van der Waals surface area contributed by atoms with Crippen LogP contribution < -0.4 is 14.4 Å². The number of anilines is 1. The quantitative estimate of drug-likeness (QED) is 0.501. The lowest BCUT2D eigenvalue weighted by atomic mass is 10.1. The molecule has 0 unspecified atom stereocenters. The predicted octanol–water partition coefficient (Wildman–Crippen LogP) is 3.37. The molecule has 186 valence electrons. The van der Waals surface area contributed by atoms with Gasteiger partial charge < -0.3 is 15.0 Å². The number of nitrogens with zero attached hydrogens (tertiary/aromatic N) is 2. The molecule has 0 aromatic heterocycles. The minimum absolute atomic E-state index is 0.0725. The topological polar surface area (TPSA) is 96.0 Å². The molecule has 0 saturated carbocycles. The molecule has 0 aliphatic heterocycles. The fraction of sp³-hybridized carbons (Fsp3) is 0.417. The molecule has 0 radical (unpaired) electrons. The average Bonchev–Trinajstić information content (AvgIpc) is 2.80. The lowest BCUT2D eigenvalue weighted by Crippen LogP contribution is -2.46. The van der Waals surface area contributed by atoms with E-state index in [1.807, 2.05) is 12.1 Å². The highest BCUT2D eigenvalue weighted by Crippen LogP contribution is 2.27. The Morgan fingerprint density at radius 1 is 1.15 bits per heavy atom. The Balaban J connectivity index is 2.17. The highest BCUT2D eigenvalue weighted by Gasteiger charge is 2.26. The van der Waals surface area contributed by atoms with Gasteiger partial charge in [0.05, 0.1) is 19.1 Å². The molecule has 2 rings (SSSR count). The number of aryl methyl sites for hydroxylation is 1. The average molecular weight is 510 g/mol. The lowest BCUT2D eigenvalue weighted by molar-refractivity contribution is -0.140. The van der Waals surface area contributed by atoms with Gasteiger partial charge in [0, 0.05) is 31.6 Å². The minimum Gasteiger partial charge on any atom is -0.497 e. The second-order valence-electron chi connectivity index (χ2n) is 8.03. The number of halogens is 1. The van der Waals surface area contributed by atoms with E-state index in [1.165, 1.54) is 16.3 Å². The molecule has 0 spiro atoms. The van der Waals surface area contributed by atoms with Gasteiger partial charge in [-0.25, -0.2) is 8.42 Å². The molecule has 1 atom stereocenters. The summed E-state index contributed by atoms with van der Waals surface area (Å²) in [5, 5.41) is 3.00. The molecule has 0 aliphatic rings. The first-order chi connectivity index (χ1) is 16.0. The Kier molecular flexibility index (Phi) is 9.76. The summed E-state index contributed by atoms with van der Waals surface area (Å²) >= 11 is 6.08. The van der Waals surface area contributed by atoms with Crippen LogP contribution in [-0.2, 0) is 26.2 Å². The van der Waals surface area contributed by atoms with Crippen LogP contribution in [0.3, 0.4) is 0 Å². The van der Waals surface area contributed by atoms with E-state index in [4.69, 9.17) is 16.3 Å². The van der Waals surface area contributed by atoms with E-state index < -0.39 is 16.1 Å². The van der Waals surface area contributed by atoms with E-state index in [0.717, 1.165) is 17.4 Å². The maximum atomic E-state index is 13.2. The number of carbonyl (C=O) groups is 2. The Morgan fingerprint density at radius 3 is 2.35 bits per heavy atom. The summed E-state index contributed by atoms with van der Waals surface area (Å²) in [6, 6.07) is 11.6. The van der Waals surface area contributed by atoms with Crippen LogP contribution in [0.5, 0.6) is 5.75 Å². The third kappa shape index (κ3) is 7.36. The molecule has 1 N–H and O–H groups in total. The smallest absolute Gasteiger partial charge is 0.242 e. The molecule has 0 heterocycles. The number of likely N-dealkylation sites (N-methyl/N-ethyl adjacent to an activating group) is 1. The van der Waals surface area contributed by atoms with Gasteiger partial charge in [0.15, 0.2) is 0 Å². The fourth-order valence-corrected chi connectivity index (χ4v) is 4.73. The zero-order valence-corrected chi connectivity index (χ0v) is 21.7. The summed E-state index contributed by atoms with van der Waals surface area (Å²) in [6.07, 6.45) is 1.47. The summed E-state index contributed by atoms with van der Waals surface area (Å²) in [6.45, 7) is 3.81. The minimum atomic E-state index is -3.59. The van der Waals surface area contributed by atoms with Crippen molar-refractivity contribution in [2.75, 3.05) is 31.3 Å². The predicted molar refractivity (Wildman–Crippen MR) is 135 cm³/mol. The summed E-state index contributed by atoms with van der Waals surface area (Å²) < 4.78 is 31.4. The van der Waals surface area contributed by atoms with Crippen LogP contribution in [0.15, 0.2) is 42.5 Å². The summed E-state index contributed by atoms with van der Waals surface area (Å²) in [7, 11) is -0.498. The maximum Gasteiger partial charge on any atom is 0.242 e. The van der Waals surface area contributed by atoms with Gasteiger partial charge in [0.1, 0.15) is 11.8 Å². The second kappa shape index (κ2) is 12.1. The number of rotatable bonds is 11. The number of hydrogen-bond donors (Lipinski definition) is 1.